The Labute approximate surface area is 127 Å². The van der Waals surface area contributed by atoms with E-state index in [0.717, 1.165) is 53.8 Å². The van der Waals surface area contributed by atoms with E-state index in [-0.39, 0.29) is 0 Å². The van der Waals surface area contributed by atoms with Crippen molar-refractivity contribution >= 4 is 15.9 Å². The number of aryl methyl sites for hydroxylation is 3. The average Bonchev–Trinajstić information content (AvgIpc) is 2.99. The molecule has 0 saturated carbocycles. The molecule has 0 aliphatic rings. The summed E-state index contributed by atoms with van der Waals surface area (Å²) in [6, 6.07) is 0. The van der Waals surface area contributed by atoms with Crippen molar-refractivity contribution in [1.29, 1.82) is 0 Å². The molecular formula is C13H21BrN6. The summed E-state index contributed by atoms with van der Waals surface area (Å²) in [5.41, 5.74) is 8.70. The van der Waals surface area contributed by atoms with Crippen LogP contribution < -0.4 is 5.73 Å². The molecular weight excluding hydrogens is 320 g/mol. The van der Waals surface area contributed by atoms with Crippen LogP contribution in [0, 0.1) is 0 Å². The molecule has 2 rings (SSSR count). The molecule has 0 fully saturated rings. The summed E-state index contributed by atoms with van der Waals surface area (Å²) in [5, 5.41) is 12.9. The van der Waals surface area contributed by atoms with Crippen LogP contribution in [-0.2, 0) is 26.4 Å². The Kier molecular flexibility index (Phi) is 5.31. The Hall–Kier alpha value is -1.21. The second-order valence-electron chi connectivity index (χ2n) is 4.84. The van der Waals surface area contributed by atoms with Crippen LogP contribution in [-0.4, -0.2) is 31.3 Å². The van der Waals surface area contributed by atoms with E-state index in [9.17, 15) is 0 Å². The highest BCUT2D eigenvalue weighted by Crippen LogP contribution is 2.22. The largest absolute Gasteiger partial charge is 0.330 e. The van der Waals surface area contributed by atoms with Gasteiger partial charge in [-0.25, -0.2) is 4.68 Å². The molecule has 0 radical (unpaired) electrons. The molecule has 2 N–H and O–H groups in total. The zero-order chi connectivity index (χ0) is 14.5. The van der Waals surface area contributed by atoms with Gasteiger partial charge in [-0.05, 0) is 48.2 Å². The number of nitrogens with two attached hydrogens (primary N) is 1. The fraction of sp³-hybridized carbons (Fsp3) is 0.615. The predicted octanol–water partition coefficient (Wildman–Crippen LogP) is 1.67. The van der Waals surface area contributed by atoms with Gasteiger partial charge in [0.15, 0.2) is 0 Å². The minimum Gasteiger partial charge on any atom is -0.330 e. The molecule has 0 aliphatic carbocycles. The van der Waals surface area contributed by atoms with Crippen molar-refractivity contribution in [2.24, 2.45) is 12.8 Å². The molecule has 0 aromatic carbocycles. The molecule has 0 saturated heterocycles. The minimum absolute atomic E-state index is 0.675. The van der Waals surface area contributed by atoms with Gasteiger partial charge in [0.2, 0.25) is 0 Å². The Bertz CT molecular complexity index is 559. The highest BCUT2D eigenvalue weighted by Gasteiger charge is 2.13. The molecule has 110 valence electrons. The number of rotatable bonds is 7. The first-order valence-corrected chi connectivity index (χ1v) is 7.74. The summed E-state index contributed by atoms with van der Waals surface area (Å²) in [4.78, 5) is 0. The number of nitrogens with zero attached hydrogens (tertiary/aromatic N) is 5. The van der Waals surface area contributed by atoms with E-state index < -0.39 is 0 Å². The second-order valence-corrected chi connectivity index (χ2v) is 5.63. The van der Waals surface area contributed by atoms with Gasteiger partial charge in [0.05, 0.1) is 28.1 Å². The lowest BCUT2D eigenvalue weighted by molar-refractivity contribution is 0.597. The lowest BCUT2D eigenvalue weighted by Gasteiger charge is -2.02. The Balaban J connectivity index is 2.05. The number of hydrogen-bond acceptors (Lipinski definition) is 4. The van der Waals surface area contributed by atoms with Crippen LogP contribution in [0.4, 0.5) is 0 Å². The lowest BCUT2D eigenvalue weighted by atomic mass is 10.2. The Morgan fingerprint density at radius 2 is 2.15 bits per heavy atom. The van der Waals surface area contributed by atoms with Gasteiger partial charge in [0, 0.05) is 13.2 Å². The highest BCUT2D eigenvalue weighted by molar-refractivity contribution is 9.10. The molecule has 0 atom stereocenters. The van der Waals surface area contributed by atoms with Crippen LogP contribution in [0.25, 0.3) is 0 Å². The normalized spacial score (nSPS) is 11.2. The van der Waals surface area contributed by atoms with Crippen molar-refractivity contribution in [3.05, 3.63) is 27.8 Å². The zero-order valence-electron chi connectivity index (χ0n) is 12.0. The van der Waals surface area contributed by atoms with Crippen molar-refractivity contribution < 1.29 is 0 Å². The van der Waals surface area contributed by atoms with Crippen LogP contribution in [0.2, 0.25) is 0 Å². The van der Waals surface area contributed by atoms with Crippen LogP contribution in [0.15, 0.2) is 10.7 Å². The third-order valence-corrected chi connectivity index (χ3v) is 4.20. The van der Waals surface area contributed by atoms with Gasteiger partial charge in [-0.3, -0.25) is 4.68 Å². The van der Waals surface area contributed by atoms with Gasteiger partial charge in [0.25, 0.3) is 0 Å². The van der Waals surface area contributed by atoms with Crippen molar-refractivity contribution in [2.45, 2.75) is 39.2 Å². The third kappa shape index (κ3) is 3.46. The predicted molar refractivity (Wildman–Crippen MR) is 81.4 cm³/mol. The molecule has 0 aliphatic heterocycles. The van der Waals surface area contributed by atoms with Gasteiger partial charge in [-0.2, -0.15) is 5.10 Å². The highest BCUT2D eigenvalue weighted by atomic mass is 79.9. The standard InChI is InChI=1S/C13H21BrN6/c1-3-11-13(14)12(19(2)17-11)9-20-8-10(16-18-20)6-4-5-7-15/h8H,3-7,9,15H2,1-2H3. The van der Waals surface area contributed by atoms with Crippen molar-refractivity contribution in [1.82, 2.24) is 24.8 Å². The molecule has 20 heavy (non-hydrogen) atoms. The fourth-order valence-electron chi connectivity index (χ4n) is 2.13. The summed E-state index contributed by atoms with van der Waals surface area (Å²) in [7, 11) is 1.96. The van der Waals surface area contributed by atoms with E-state index in [2.05, 4.69) is 38.3 Å². The van der Waals surface area contributed by atoms with Gasteiger partial charge in [-0.15, -0.1) is 5.10 Å². The van der Waals surface area contributed by atoms with Crippen molar-refractivity contribution in [2.75, 3.05) is 6.54 Å². The maximum atomic E-state index is 5.49. The fourth-order valence-corrected chi connectivity index (χ4v) is 2.87. The molecule has 2 heterocycles. The monoisotopic (exact) mass is 340 g/mol. The summed E-state index contributed by atoms with van der Waals surface area (Å²) in [6.45, 7) is 3.51. The van der Waals surface area contributed by atoms with E-state index >= 15 is 0 Å². The molecule has 2 aromatic rings. The molecule has 7 heteroatoms. The SMILES string of the molecule is CCc1nn(C)c(Cn2cc(CCCCN)nn2)c1Br. The first-order chi connectivity index (χ1) is 9.65. The van der Waals surface area contributed by atoms with E-state index in [1.165, 1.54) is 0 Å². The number of unbranched alkanes of at least 4 members (excludes halogenated alkanes) is 1. The zero-order valence-corrected chi connectivity index (χ0v) is 13.6. The third-order valence-electron chi connectivity index (χ3n) is 3.29. The number of aromatic nitrogens is 5. The second kappa shape index (κ2) is 6.99. The lowest BCUT2D eigenvalue weighted by Crippen LogP contribution is -2.06. The molecule has 0 unspecified atom stereocenters. The number of hydrogen-bond donors (Lipinski definition) is 1. The van der Waals surface area contributed by atoms with Crippen LogP contribution in [0.5, 0.6) is 0 Å². The summed E-state index contributed by atoms with van der Waals surface area (Å²) in [5.74, 6) is 0. The van der Waals surface area contributed by atoms with E-state index in [4.69, 9.17) is 5.73 Å². The molecule has 0 bridgehead atoms. The van der Waals surface area contributed by atoms with Gasteiger partial charge in [-0.1, -0.05) is 12.1 Å². The van der Waals surface area contributed by atoms with Gasteiger partial charge < -0.3 is 5.73 Å². The molecule has 0 spiro atoms. The van der Waals surface area contributed by atoms with E-state index in [1.807, 2.05) is 22.6 Å². The smallest absolute Gasteiger partial charge is 0.0857 e. The van der Waals surface area contributed by atoms with Crippen molar-refractivity contribution in [3.8, 4) is 0 Å². The first kappa shape index (κ1) is 15.2. The van der Waals surface area contributed by atoms with Crippen LogP contribution in [0.3, 0.4) is 0 Å². The topological polar surface area (TPSA) is 74.5 Å². The average molecular weight is 341 g/mol. The molecule has 6 nitrogen and oxygen atoms in total. The maximum Gasteiger partial charge on any atom is 0.0857 e. The van der Waals surface area contributed by atoms with Crippen molar-refractivity contribution in [3.63, 3.8) is 0 Å². The summed E-state index contributed by atoms with van der Waals surface area (Å²) >= 11 is 3.62. The number of halogens is 1. The Morgan fingerprint density at radius 1 is 1.35 bits per heavy atom. The first-order valence-electron chi connectivity index (χ1n) is 6.95. The summed E-state index contributed by atoms with van der Waals surface area (Å²) in [6.07, 6.45) is 5.94. The van der Waals surface area contributed by atoms with E-state index in [0.29, 0.717) is 6.54 Å². The molecule has 2 aromatic heterocycles. The van der Waals surface area contributed by atoms with E-state index in [1.54, 1.807) is 0 Å². The minimum atomic E-state index is 0.675. The van der Waals surface area contributed by atoms with Crippen LogP contribution in [0.1, 0.15) is 36.8 Å². The summed E-state index contributed by atoms with van der Waals surface area (Å²) < 4.78 is 4.83. The van der Waals surface area contributed by atoms with Gasteiger partial charge >= 0.3 is 0 Å². The molecule has 0 amide bonds. The Morgan fingerprint density at radius 3 is 2.80 bits per heavy atom. The maximum absolute atomic E-state index is 5.49. The van der Waals surface area contributed by atoms with Crippen LogP contribution >= 0.6 is 15.9 Å². The van der Waals surface area contributed by atoms with Gasteiger partial charge in [0.1, 0.15) is 0 Å². The quantitative estimate of drug-likeness (QED) is 0.778.